The van der Waals surface area contributed by atoms with Crippen LogP contribution in [0.4, 0.5) is 0 Å². The molecule has 1 rings (SSSR count). The molecule has 0 aliphatic rings. The molecule has 2 nitrogen and oxygen atoms in total. The lowest BCUT2D eigenvalue weighted by Gasteiger charge is -2.12. The molecule has 6 heteroatoms. The summed E-state index contributed by atoms with van der Waals surface area (Å²) in [5.74, 6) is 0.271. The first-order valence-electron chi connectivity index (χ1n) is 3.92. The lowest BCUT2D eigenvalue weighted by molar-refractivity contribution is -0.117. The van der Waals surface area contributed by atoms with Crippen molar-refractivity contribution in [3.05, 3.63) is 27.2 Å². The molecule has 1 aromatic carbocycles. The number of ether oxygens (including phenoxy) is 1. The van der Waals surface area contributed by atoms with E-state index >= 15 is 0 Å². The average molecular weight is 288 g/mol. The van der Waals surface area contributed by atoms with Crippen molar-refractivity contribution in [2.75, 3.05) is 0 Å². The second-order valence-electron chi connectivity index (χ2n) is 2.76. The summed E-state index contributed by atoms with van der Waals surface area (Å²) >= 11 is 22.5. The van der Waals surface area contributed by atoms with Gasteiger partial charge in [0.2, 0.25) is 0 Å². The molecule has 0 radical (unpaired) electrons. The third-order valence-corrected chi connectivity index (χ3v) is 2.92. The smallest absolute Gasteiger partial charge is 0.262 e. The van der Waals surface area contributed by atoms with Crippen LogP contribution in [0.3, 0.4) is 0 Å². The van der Waals surface area contributed by atoms with Crippen molar-refractivity contribution in [2.24, 2.45) is 0 Å². The molecule has 82 valence electrons. The molecule has 0 N–H and O–H groups in total. The Hall–Kier alpha value is -0.150. The summed E-state index contributed by atoms with van der Waals surface area (Å²) in [4.78, 5) is 10.7. The quantitative estimate of drug-likeness (QED) is 0.616. The monoisotopic (exact) mass is 286 g/mol. The Balaban J connectivity index is 2.95. The van der Waals surface area contributed by atoms with E-state index in [0.29, 0.717) is 10.0 Å². The van der Waals surface area contributed by atoms with Gasteiger partial charge in [0.05, 0.1) is 15.1 Å². The first-order chi connectivity index (χ1) is 6.91. The number of hydrogen-bond donors (Lipinski definition) is 0. The van der Waals surface area contributed by atoms with Crippen LogP contribution >= 0.6 is 46.4 Å². The molecule has 1 atom stereocenters. The topological polar surface area (TPSA) is 26.3 Å². The van der Waals surface area contributed by atoms with E-state index in [-0.39, 0.29) is 10.8 Å². The molecule has 0 bridgehead atoms. The molecule has 0 amide bonds. The minimum Gasteiger partial charge on any atom is -0.480 e. The maximum atomic E-state index is 10.7. The SMILES string of the molecule is CC(Oc1cc(Cl)c(Cl)cc1Cl)C(=O)Cl. The van der Waals surface area contributed by atoms with Gasteiger partial charge < -0.3 is 4.74 Å². The van der Waals surface area contributed by atoms with Gasteiger partial charge in [-0.1, -0.05) is 34.8 Å². The Morgan fingerprint density at radius 3 is 2.27 bits per heavy atom. The van der Waals surface area contributed by atoms with Gasteiger partial charge >= 0.3 is 0 Å². The van der Waals surface area contributed by atoms with Gasteiger partial charge in [-0.05, 0) is 24.6 Å². The predicted molar refractivity (Wildman–Crippen MR) is 62.4 cm³/mol. The Kier molecular flexibility index (Phi) is 4.53. The lowest BCUT2D eigenvalue weighted by Crippen LogP contribution is -2.19. The van der Waals surface area contributed by atoms with Crippen LogP contribution in [0.1, 0.15) is 6.92 Å². The first-order valence-corrected chi connectivity index (χ1v) is 5.43. The van der Waals surface area contributed by atoms with E-state index in [1.54, 1.807) is 0 Å². The molecule has 0 aliphatic carbocycles. The summed E-state index contributed by atoms with van der Waals surface area (Å²) in [6, 6.07) is 2.87. The summed E-state index contributed by atoms with van der Waals surface area (Å²) < 4.78 is 5.19. The molecule has 1 aromatic rings. The van der Waals surface area contributed by atoms with Crippen molar-refractivity contribution in [1.29, 1.82) is 0 Å². The minimum atomic E-state index is -0.790. The zero-order valence-corrected chi connectivity index (χ0v) is 10.6. The van der Waals surface area contributed by atoms with Gasteiger partial charge in [0.1, 0.15) is 5.75 Å². The Labute approximate surface area is 107 Å². The summed E-state index contributed by atoms with van der Waals surface area (Å²) in [5.41, 5.74) is 0. The van der Waals surface area contributed by atoms with E-state index in [4.69, 9.17) is 51.1 Å². The Morgan fingerprint density at radius 1 is 1.20 bits per heavy atom. The Bertz CT molecular complexity index is 392. The van der Waals surface area contributed by atoms with Gasteiger partial charge in [0.15, 0.2) is 6.10 Å². The van der Waals surface area contributed by atoms with E-state index < -0.39 is 11.3 Å². The van der Waals surface area contributed by atoms with Crippen LogP contribution in [-0.4, -0.2) is 11.3 Å². The molecule has 0 fully saturated rings. The normalized spacial score (nSPS) is 12.3. The summed E-state index contributed by atoms with van der Waals surface area (Å²) in [6.45, 7) is 1.51. The predicted octanol–water partition coefficient (Wildman–Crippen LogP) is 4.18. The molecule has 15 heavy (non-hydrogen) atoms. The van der Waals surface area contributed by atoms with Crippen LogP contribution < -0.4 is 4.74 Å². The van der Waals surface area contributed by atoms with Crippen molar-refractivity contribution >= 4 is 51.6 Å². The van der Waals surface area contributed by atoms with Crippen molar-refractivity contribution < 1.29 is 9.53 Å². The van der Waals surface area contributed by atoms with Crippen molar-refractivity contribution in [1.82, 2.24) is 0 Å². The third kappa shape index (κ3) is 3.42. The molecular formula is C9H6Cl4O2. The van der Waals surface area contributed by atoms with Crippen LogP contribution in [0, 0.1) is 0 Å². The number of halogens is 4. The second kappa shape index (κ2) is 5.26. The first kappa shape index (κ1) is 12.9. The van der Waals surface area contributed by atoms with Crippen LogP contribution in [0.25, 0.3) is 0 Å². The van der Waals surface area contributed by atoms with E-state index in [0.717, 1.165) is 0 Å². The van der Waals surface area contributed by atoms with Crippen LogP contribution in [-0.2, 0) is 4.79 Å². The molecule has 1 unspecified atom stereocenters. The van der Waals surface area contributed by atoms with Gasteiger partial charge in [-0.3, -0.25) is 4.79 Å². The third-order valence-electron chi connectivity index (χ3n) is 1.60. The molecule has 0 saturated carbocycles. The molecule has 0 heterocycles. The fourth-order valence-electron chi connectivity index (χ4n) is 0.831. The van der Waals surface area contributed by atoms with Gasteiger partial charge in [-0.15, -0.1) is 0 Å². The van der Waals surface area contributed by atoms with E-state index in [9.17, 15) is 4.79 Å². The molecule has 0 spiro atoms. The fraction of sp³-hybridized carbons (Fsp3) is 0.222. The molecule has 0 aromatic heterocycles. The van der Waals surface area contributed by atoms with Crippen molar-refractivity contribution in [2.45, 2.75) is 13.0 Å². The molecule has 0 aliphatic heterocycles. The number of benzene rings is 1. The number of carbonyl (C=O) groups is 1. The highest BCUT2D eigenvalue weighted by atomic mass is 35.5. The highest BCUT2D eigenvalue weighted by Crippen LogP contribution is 2.34. The van der Waals surface area contributed by atoms with Crippen LogP contribution in [0.5, 0.6) is 5.75 Å². The number of carbonyl (C=O) groups excluding carboxylic acids is 1. The number of rotatable bonds is 3. The highest BCUT2D eigenvalue weighted by Gasteiger charge is 2.14. The molecule has 0 saturated heterocycles. The van der Waals surface area contributed by atoms with E-state index in [1.165, 1.54) is 19.1 Å². The summed E-state index contributed by atoms with van der Waals surface area (Å²) in [5, 5.41) is 0.274. The standard InChI is InChI=1S/C9H6Cl4O2/c1-4(9(13)14)15-8-3-6(11)5(10)2-7(8)12/h2-4H,1H3. The zero-order chi connectivity index (χ0) is 11.6. The Morgan fingerprint density at radius 2 is 1.73 bits per heavy atom. The summed E-state index contributed by atoms with van der Waals surface area (Å²) in [7, 11) is 0. The van der Waals surface area contributed by atoms with Crippen LogP contribution in [0.15, 0.2) is 12.1 Å². The van der Waals surface area contributed by atoms with E-state index in [1.807, 2.05) is 0 Å². The van der Waals surface area contributed by atoms with Crippen molar-refractivity contribution in [3.8, 4) is 5.75 Å². The maximum Gasteiger partial charge on any atom is 0.262 e. The van der Waals surface area contributed by atoms with Gasteiger partial charge in [-0.2, -0.15) is 0 Å². The van der Waals surface area contributed by atoms with Gasteiger partial charge in [-0.25, -0.2) is 0 Å². The maximum absolute atomic E-state index is 10.7. The minimum absolute atomic E-state index is 0.271. The highest BCUT2D eigenvalue weighted by molar-refractivity contribution is 6.64. The second-order valence-corrected chi connectivity index (χ2v) is 4.36. The fourth-order valence-corrected chi connectivity index (χ4v) is 1.46. The summed E-state index contributed by atoms with van der Waals surface area (Å²) in [6.07, 6.45) is -0.790. The van der Waals surface area contributed by atoms with Crippen molar-refractivity contribution in [3.63, 3.8) is 0 Å². The lowest BCUT2D eigenvalue weighted by atomic mass is 10.3. The van der Waals surface area contributed by atoms with Gasteiger partial charge in [0, 0.05) is 6.07 Å². The largest absolute Gasteiger partial charge is 0.480 e. The van der Waals surface area contributed by atoms with E-state index in [2.05, 4.69) is 0 Å². The number of hydrogen-bond acceptors (Lipinski definition) is 2. The van der Waals surface area contributed by atoms with Crippen LogP contribution in [0.2, 0.25) is 15.1 Å². The zero-order valence-electron chi connectivity index (χ0n) is 7.56. The average Bonchev–Trinajstić information content (AvgIpc) is 2.13. The molecular weight excluding hydrogens is 282 g/mol. The van der Waals surface area contributed by atoms with Gasteiger partial charge in [0.25, 0.3) is 5.24 Å².